The van der Waals surface area contributed by atoms with Crippen molar-refractivity contribution in [3.63, 3.8) is 0 Å². The summed E-state index contributed by atoms with van der Waals surface area (Å²) in [6.07, 6.45) is 3.34. The Morgan fingerprint density at radius 3 is 2.71 bits per heavy atom. The molecule has 0 radical (unpaired) electrons. The summed E-state index contributed by atoms with van der Waals surface area (Å²) < 4.78 is 28.4. The van der Waals surface area contributed by atoms with E-state index in [1.165, 1.54) is 0 Å². The molecule has 1 aromatic carbocycles. The van der Waals surface area contributed by atoms with Crippen molar-refractivity contribution in [2.24, 2.45) is 0 Å². The highest BCUT2D eigenvalue weighted by atomic mass is 19.1. The standard InChI is InChI=1S/C13H14F2N4O2/c1-8(2)18-7-9(6-17-18)5-16-13-11(15)3-10(14)4-12(13)19(20)21/h3-4,6-8,16H,5H2,1-2H3. The monoisotopic (exact) mass is 296 g/mol. The maximum Gasteiger partial charge on any atom is 0.298 e. The van der Waals surface area contributed by atoms with Crippen LogP contribution in [-0.2, 0) is 6.54 Å². The van der Waals surface area contributed by atoms with Crippen molar-refractivity contribution in [1.29, 1.82) is 0 Å². The Labute approximate surface area is 119 Å². The van der Waals surface area contributed by atoms with Gasteiger partial charge in [0.2, 0.25) is 0 Å². The third-order valence-corrected chi connectivity index (χ3v) is 2.88. The quantitative estimate of drug-likeness (QED) is 0.679. The minimum Gasteiger partial charge on any atom is -0.373 e. The maximum absolute atomic E-state index is 13.7. The summed E-state index contributed by atoms with van der Waals surface area (Å²) in [6.45, 7) is 4.06. The molecule has 0 amide bonds. The summed E-state index contributed by atoms with van der Waals surface area (Å²) in [5.74, 6) is -1.99. The molecule has 2 rings (SSSR count). The molecule has 2 aromatic rings. The number of hydrogen-bond acceptors (Lipinski definition) is 4. The predicted octanol–water partition coefficient (Wildman–Crippen LogP) is 3.26. The Bertz CT molecular complexity index is 670. The van der Waals surface area contributed by atoms with Gasteiger partial charge in [-0.3, -0.25) is 14.8 Å². The normalized spacial score (nSPS) is 10.9. The van der Waals surface area contributed by atoms with Gasteiger partial charge in [-0.05, 0) is 13.8 Å². The summed E-state index contributed by atoms with van der Waals surface area (Å²) in [6, 6.07) is 1.46. The number of nitro benzene ring substituents is 1. The summed E-state index contributed by atoms with van der Waals surface area (Å²) >= 11 is 0. The predicted molar refractivity (Wildman–Crippen MR) is 73.0 cm³/mol. The van der Waals surface area contributed by atoms with Crippen LogP contribution in [0.2, 0.25) is 0 Å². The summed E-state index contributed by atoms with van der Waals surface area (Å²) in [4.78, 5) is 10.0. The number of anilines is 1. The van der Waals surface area contributed by atoms with E-state index in [9.17, 15) is 18.9 Å². The van der Waals surface area contributed by atoms with Gasteiger partial charge in [-0.1, -0.05) is 0 Å². The van der Waals surface area contributed by atoms with E-state index in [1.54, 1.807) is 17.1 Å². The number of nitrogens with one attached hydrogen (secondary N) is 1. The molecule has 0 atom stereocenters. The van der Waals surface area contributed by atoms with Gasteiger partial charge in [-0.2, -0.15) is 5.10 Å². The number of aromatic nitrogens is 2. The highest BCUT2D eigenvalue weighted by Crippen LogP contribution is 2.29. The van der Waals surface area contributed by atoms with E-state index in [4.69, 9.17) is 0 Å². The number of nitro groups is 1. The molecule has 112 valence electrons. The zero-order chi connectivity index (χ0) is 15.6. The molecule has 0 unspecified atom stereocenters. The van der Waals surface area contributed by atoms with Crippen molar-refractivity contribution in [2.45, 2.75) is 26.4 Å². The summed E-state index contributed by atoms with van der Waals surface area (Å²) in [5.41, 5.74) is -0.232. The first-order valence-corrected chi connectivity index (χ1v) is 6.29. The summed E-state index contributed by atoms with van der Waals surface area (Å²) in [7, 11) is 0. The molecule has 0 aliphatic heterocycles. The van der Waals surface area contributed by atoms with Crippen molar-refractivity contribution in [1.82, 2.24) is 9.78 Å². The number of hydrogen-bond donors (Lipinski definition) is 1. The SMILES string of the molecule is CC(C)n1cc(CNc2c(F)cc(F)cc2[N+](=O)[O-])cn1. The minimum atomic E-state index is -1.00. The van der Waals surface area contributed by atoms with E-state index in [0.29, 0.717) is 12.1 Å². The Hall–Kier alpha value is -2.51. The van der Waals surface area contributed by atoms with Crippen molar-refractivity contribution >= 4 is 11.4 Å². The van der Waals surface area contributed by atoms with Crippen LogP contribution in [0.15, 0.2) is 24.5 Å². The van der Waals surface area contributed by atoms with Gasteiger partial charge in [0.25, 0.3) is 5.69 Å². The van der Waals surface area contributed by atoms with Crippen LogP contribution in [0.5, 0.6) is 0 Å². The molecule has 1 N–H and O–H groups in total. The molecule has 0 aliphatic carbocycles. The second-order valence-corrected chi connectivity index (χ2v) is 4.81. The van der Waals surface area contributed by atoms with Crippen LogP contribution in [0.4, 0.5) is 20.2 Å². The van der Waals surface area contributed by atoms with E-state index < -0.39 is 22.2 Å². The minimum absolute atomic E-state index is 0.149. The first-order chi connectivity index (χ1) is 9.88. The Kier molecular flexibility index (Phi) is 4.15. The topological polar surface area (TPSA) is 73.0 Å². The fourth-order valence-corrected chi connectivity index (χ4v) is 1.82. The smallest absolute Gasteiger partial charge is 0.298 e. The lowest BCUT2D eigenvalue weighted by Gasteiger charge is -2.07. The van der Waals surface area contributed by atoms with Crippen molar-refractivity contribution in [3.05, 3.63) is 51.8 Å². The van der Waals surface area contributed by atoms with E-state index in [2.05, 4.69) is 10.4 Å². The maximum atomic E-state index is 13.7. The molecular weight excluding hydrogens is 282 g/mol. The molecule has 0 aliphatic rings. The average Bonchev–Trinajstić information content (AvgIpc) is 2.85. The lowest BCUT2D eigenvalue weighted by atomic mass is 10.2. The van der Waals surface area contributed by atoms with Gasteiger partial charge < -0.3 is 5.32 Å². The van der Waals surface area contributed by atoms with Crippen molar-refractivity contribution < 1.29 is 13.7 Å². The molecule has 6 nitrogen and oxygen atoms in total. The van der Waals surface area contributed by atoms with Gasteiger partial charge >= 0.3 is 0 Å². The molecular formula is C13H14F2N4O2. The zero-order valence-corrected chi connectivity index (χ0v) is 11.5. The number of rotatable bonds is 5. The van der Waals surface area contributed by atoms with E-state index in [-0.39, 0.29) is 18.3 Å². The fraction of sp³-hybridized carbons (Fsp3) is 0.308. The lowest BCUT2D eigenvalue weighted by Crippen LogP contribution is -2.05. The largest absolute Gasteiger partial charge is 0.373 e. The third kappa shape index (κ3) is 3.33. The van der Waals surface area contributed by atoms with E-state index in [1.807, 2.05) is 13.8 Å². The molecule has 0 saturated heterocycles. The Morgan fingerprint density at radius 1 is 1.43 bits per heavy atom. The van der Waals surface area contributed by atoms with Crippen LogP contribution in [0.3, 0.4) is 0 Å². The summed E-state index contributed by atoms with van der Waals surface area (Å²) in [5, 5.41) is 17.6. The molecule has 1 heterocycles. The lowest BCUT2D eigenvalue weighted by molar-refractivity contribution is -0.384. The van der Waals surface area contributed by atoms with Crippen LogP contribution in [-0.4, -0.2) is 14.7 Å². The van der Waals surface area contributed by atoms with Crippen LogP contribution < -0.4 is 5.32 Å². The van der Waals surface area contributed by atoms with Crippen LogP contribution >= 0.6 is 0 Å². The Balaban J connectivity index is 2.21. The van der Waals surface area contributed by atoms with Gasteiger partial charge in [0.1, 0.15) is 11.5 Å². The average molecular weight is 296 g/mol. The molecule has 0 bridgehead atoms. The molecule has 8 heteroatoms. The zero-order valence-electron chi connectivity index (χ0n) is 11.5. The van der Waals surface area contributed by atoms with Crippen LogP contribution in [0.25, 0.3) is 0 Å². The van der Waals surface area contributed by atoms with E-state index >= 15 is 0 Å². The molecule has 21 heavy (non-hydrogen) atoms. The molecule has 0 saturated carbocycles. The second kappa shape index (κ2) is 5.86. The third-order valence-electron chi connectivity index (χ3n) is 2.88. The highest BCUT2D eigenvalue weighted by Gasteiger charge is 2.20. The van der Waals surface area contributed by atoms with Crippen LogP contribution in [0, 0.1) is 21.7 Å². The number of nitrogens with zero attached hydrogens (tertiary/aromatic N) is 3. The van der Waals surface area contributed by atoms with Gasteiger partial charge in [-0.15, -0.1) is 0 Å². The fourth-order valence-electron chi connectivity index (χ4n) is 1.82. The van der Waals surface area contributed by atoms with Crippen molar-refractivity contribution in [2.75, 3.05) is 5.32 Å². The first kappa shape index (κ1) is 14.9. The first-order valence-electron chi connectivity index (χ1n) is 6.29. The van der Waals surface area contributed by atoms with Crippen LogP contribution in [0.1, 0.15) is 25.5 Å². The van der Waals surface area contributed by atoms with Gasteiger partial charge in [-0.25, -0.2) is 8.78 Å². The van der Waals surface area contributed by atoms with Gasteiger partial charge in [0.05, 0.1) is 17.2 Å². The number of benzene rings is 1. The molecule has 0 fully saturated rings. The Morgan fingerprint density at radius 2 is 2.14 bits per heavy atom. The number of halogens is 2. The molecule has 0 spiro atoms. The second-order valence-electron chi connectivity index (χ2n) is 4.81. The van der Waals surface area contributed by atoms with Crippen molar-refractivity contribution in [3.8, 4) is 0 Å². The van der Waals surface area contributed by atoms with Gasteiger partial charge in [0.15, 0.2) is 5.82 Å². The van der Waals surface area contributed by atoms with Gasteiger partial charge in [0, 0.05) is 30.4 Å². The highest BCUT2D eigenvalue weighted by molar-refractivity contribution is 5.62. The van der Waals surface area contributed by atoms with E-state index in [0.717, 1.165) is 5.56 Å². The molecule has 1 aromatic heterocycles.